The molecule has 1 aromatic carbocycles. The highest BCUT2D eigenvalue weighted by molar-refractivity contribution is 5.80. The minimum Gasteiger partial charge on any atom is -0.475 e. The van der Waals surface area contributed by atoms with Crippen molar-refractivity contribution in [3.05, 3.63) is 29.6 Å². The van der Waals surface area contributed by atoms with Crippen molar-refractivity contribution < 1.29 is 23.5 Å². The van der Waals surface area contributed by atoms with E-state index in [9.17, 15) is 14.0 Å². The Morgan fingerprint density at radius 3 is 2.72 bits per heavy atom. The Labute approximate surface area is 105 Å². The Balaban J connectivity index is 2.94. The maximum atomic E-state index is 13.5. The van der Waals surface area contributed by atoms with E-state index in [1.807, 2.05) is 0 Å². The van der Waals surface area contributed by atoms with E-state index in [2.05, 4.69) is 0 Å². The van der Waals surface area contributed by atoms with Gasteiger partial charge >= 0.3 is 5.97 Å². The average molecular weight is 254 g/mol. The van der Waals surface area contributed by atoms with Crippen molar-refractivity contribution in [3.63, 3.8) is 0 Å². The van der Waals surface area contributed by atoms with Gasteiger partial charge in [0.05, 0.1) is 12.2 Å². The zero-order chi connectivity index (χ0) is 13.5. The number of halogens is 1. The molecule has 0 N–H and O–H groups in total. The van der Waals surface area contributed by atoms with Crippen LogP contribution in [-0.4, -0.2) is 25.0 Å². The molecule has 1 unspecified atom stereocenters. The van der Waals surface area contributed by atoms with E-state index in [0.29, 0.717) is 12.7 Å². The second-order valence-electron chi connectivity index (χ2n) is 3.54. The number of benzene rings is 1. The van der Waals surface area contributed by atoms with E-state index in [4.69, 9.17) is 9.47 Å². The highest BCUT2D eigenvalue weighted by atomic mass is 19.1. The number of para-hydroxylation sites is 1. The fraction of sp³-hybridized carbons (Fsp3) is 0.385. The highest BCUT2D eigenvalue weighted by Gasteiger charge is 2.22. The summed E-state index contributed by atoms with van der Waals surface area (Å²) in [5.41, 5.74) is 0.0674. The maximum absolute atomic E-state index is 13.5. The number of esters is 1. The molecule has 98 valence electrons. The Morgan fingerprint density at radius 1 is 1.44 bits per heavy atom. The molecule has 0 amide bonds. The fourth-order valence-electron chi connectivity index (χ4n) is 1.42. The Kier molecular flexibility index (Phi) is 5.30. The van der Waals surface area contributed by atoms with Crippen molar-refractivity contribution in [3.8, 4) is 5.75 Å². The summed E-state index contributed by atoms with van der Waals surface area (Å²) in [4.78, 5) is 22.3. The van der Waals surface area contributed by atoms with Crippen LogP contribution in [0.1, 0.15) is 30.6 Å². The molecule has 0 saturated heterocycles. The third kappa shape index (κ3) is 3.29. The van der Waals surface area contributed by atoms with Gasteiger partial charge in [-0.25, -0.2) is 9.18 Å². The molecule has 0 heterocycles. The first-order valence-electron chi connectivity index (χ1n) is 5.71. The minimum atomic E-state index is -0.916. The van der Waals surface area contributed by atoms with Gasteiger partial charge in [0.2, 0.25) is 0 Å². The number of aldehydes is 1. The fourth-order valence-corrected chi connectivity index (χ4v) is 1.42. The number of ether oxygens (including phenoxy) is 2. The van der Waals surface area contributed by atoms with Crippen molar-refractivity contribution in [1.29, 1.82) is 0 Å². The van der Waals surface area contributed by atoms with Crippen molar-refractivity contribution in [2.45, 2.75) is 26.4 Å². The summed E-state index contributed by atoms with van der Waals surface area (Å²) in [6.07, 6.45) is -0.109. The van der Waals surface area contributed by atoms with Crippen LogP contribution in [0.4, 0.5) is 4.39 Å². The molecule has 1 aromatic rings. The first-order valence-corrected chi connectivity index (χ1v) is 5.71. The standard InChI is InChI=1S/C13H15FO4/c1-3-11(13(16)17-4-2)18-12-9(8-15)6-5-7-10(12)14/h5-8,11H,3-4H2,1-2H3. The van der Waals surface area contributed by atoms with Crippen LogP contribution in [-0.2, 0) is 9.53 Å². The third-order valence-corrected chi connectivity index (χ3v) is 2.30. The molecule has 0 aliphatic heterocycles. The lowest BCUT2D eigenvalue weighted by Crippen LogP contribution is -2.29. The first-order chi connectivity index (χ1) is 8.63. The van der Waals surface area contributed by atoms with Gasteiger partial charge in [0, 0.05) is 0 Å². The van der Waals surface area contributed by atoms with Crippen LogP contribution in [0, 0.1) is 5.82 Å². The topological polar surface area (TPSA) is 52.6 Å². The third-order valence-electron chi connectivity index (χ3n) is 2.30. The summed E-state index contributed by atoms with van der Waals surface area (Å²) in [5, 5.41) is 0. The highest BCUT2D eigenvalue weighted by Crippen LogP contribution is 2.23. The van der Waals surface area contributed by atoms with Gasteiger partial charge in [-0.1, -0.05) is 13.0 Å². The lowest BCUT2D eigenvalue weighted by atomic mass is 10.2. The largest absolute Gasteiger partial charge is 0.475 e. The molecule has 0 bridgehead atoms. The van der Waals surface area contributed by atoms with Crippen LogP contribution < -0.4 is 4.74 Å². The molecule has 0 fully saturated rings. The van der Waals surface area contributed by atoms with Crippen LogP contribution in [0.15, 0.2) is 18.2 Å². The number of carbonyl (C=O) groups excluding carboxylic acids is 2. The van der Waals surface area contributed by atoms with Crippen LogP contribution in [0.25, 0.3) is 0 Å². The number of carbonyl (C=O) groups is 2. The molecule has 0 aromatic heterocycles. The average Bonchev–Trinajstić information content (AvgIpc) is 2.37. The normalized spacial score (nSPS) is 11.7. The molecule has 0 aliphatic rings. The Morgan fingerprint density at radius 2 is 2.17 bits per heavy atom. The van der Waals surface area contributed by atoms with Crippen molar-refractivity contribution in [2.75, 3.05) is 6.61 Å². The lowest BCUT2D eigenvalue weighted by molar-refractivity contribution is -0.151. The Hall–Kier alpha value is -1.91. The predicted molar refractivity (Wildman–Crippen MR) is 63.1 cm³/mol. The van der Waals surface area contributed by atoms with Crippen LogP contribution in [0.2, 0.25) is 0 Å². The lowest BCUT2D eigenvalue weighted by Gasteiger charge is -2.17. The first kappa shape index (κ1) is 14.2. The van der Waals surface area contributed by atoms with E-state index in [1.165, 1.54) is 18.2 Å². The smallest absolute Gasteiger partial charge is 0.347 e. The molecule has 1 atom stereocenters. The van der Waals surface area contributed by atoms with Gasteiger partial charge in [-0.15, -0.1) is 0 Å². The Bertz CT molecular complexity index is 431. The van der Waals surface area contributed by atoms with Crippen LogP contribution >= 0.6 is 0 Å². The van der Waals surface area contributed by atoms with Crippen LogP contribution in [0.3, 0.4) is 0 Å². The molecule has 18 heavy (non-hydrogen) atoms. The minimum absolute atomic E-state index is 0.0674. The van der Waals surface area contributed by atoms with Crippen molar-refractivity contribution in [1.82, 2.24) is 0 Å². The van der Waals surface area contributed by atoms with Gasteiger partial charge in [0.15, 0.2) is 24.0 Å². The zero-order valence-electron chi connectivity index (χ0n) is 10.3. The molecular formula is C13H15FO4. The molecule has 5 heteroatoms. The van der Waals surface area contributed by atoms with E-state index >= 15 is 0 Å². The number of hydrogen-bond acceptors (Lipinski definition) is 4. The summed E-state index contributed by atoms with van der Waals surface area (Å²) >= 11 is 0. The van der Waals surface area contributed by atoms with Crippen LogP contribution in [0.5, 0.6) is 5.75 Å². The van der Waals surface area contributed by atoms with E-state index in [1.54, 1.807) is 13.8 Å². The molecule has 0 aliphatic carbocycles. The second-order valence-corrected chi connectivity index (χ2v) is 3.54. The van der Waals surface area contributed by atoms with E-state index in [-0.39, 0.29) is 17.9 Å². The van der Waals surface area contributed by atoms with Gasteiger partial charge in [0.25, 0.3) is 0 Å². The van der Waals surface area contributed by atoms with E-state index in [0.717, 1.165) is 0 Å². The molecule has 1 rings (SSSR count). The SMILES string of the molecule is CCOC(=O)C(CC)Oc1c(F)cccc1C=O. The number of hydrogen-bond donors (Lipinski definition) is 0. The molecule has 4 nitrogen and oxygen atoms in total. The number of rotatable bonds is 6. The molecule has 0 radical (unpaired) electrons. The van der Waals surface area contributed by atoms with Crippen molar-refractivity contribution >= 4 is 12.3 Å². The summed E-state index contributed by atoms with van der Waals surface area (Å²) in [7, 11) is 0. The van der Waals surface area contributed by atoms with Gasteiger partial charge in [0.1, 0.15) is 0 Å². The van der Waals surface area contributed by atoms with Gasteiger partial charge in [-0.05, 0) is 25.5 Å². The van der Waals surface area contributed by atoms with Gasteiger partial charge < -0.3 is 9.47 Å². The summed E-state index contributed by atoms with van der Waals surface area (Å²) < 4.78 is 23.6. The zero-order valence-corrected chi connectivity index (χ0v) is 10.3. The summed E-state index contributed by atoms with van der Waals surface area (Å²) in [6, 6.07) is 3.99. The molecule has 0 spiro atoms. The quantitative estimate of drug-likeness (QED) is 0.577. The molecule has 0 saturated carbocycles. The van der Waals surface area contributed by atoms with Crippen molar-refractivity contribution in [2.24, 2.45) is 0 Å². The van der Waals surface area contributed by atoms with Gasteiger partial charge in [-0.3, -0.25) is 4.79 Å². The predicted octanol–water partition coefficient (Wildman–Crippen LogP) is 2.36. The maximum Gasteiger partial charge on any atom is 0.347 e. The van der Waals surface area contributed by atoms with Gasteiger partial charge in [-0.2, -0.15) is 0 Å². The summed E-state index contributed by atoms with van der Waals surface area (Å²) in [5.74, 6) is -1.46. The second kappa shape index (κ2) is 6.74. The summed E-state index contributed by atoms with van der Waals surface area (Å²) in [6.45, 7) is 3.60. The van der Waals surface area contributed by atoms with E-state index < -0.39 is 17.9 Å². The monoisotopic (exact) mass is 254 g/mol. The molecular weight excluding hydrogens is 239 g/mol.